The van der Waals surface area contributed by atoms with Crippen LogP contribution in [0.25, 0.3) is 0 Å². The molecule has 4 nitrogen and oxygen atoms in total. The summed E-state index contributed by atoms with van der Waals surface area (Å²) >= 11 is 1.78. The fourth-order valence-electron chi connectivity index (χ4n) is 1.84. The van der Waals surface area contributed by atoms with Gasteiger partial charge in [-0.3, -0.25) is 9.79 Å². The molecular formula is C11H19N3OS. The third kappa shape index (κ3) is 2.70. The summed E-state index contributed by atoms with van der Waals surface area (Å²) in [6, 6.07) is 0.246. The molecular weight excluding hydrogens is 222 g/mol. The van der Waals surface area contributed by atoms with Gasteiger partial charge in [-0.2, -0.15) is 0 Å². The largest absolute Gasteiger partial charge is 0.359 e. The Hall–Kier alpha value is -0.710. The summed E-state index contributed by atoms with van der Waals surface area (Å²) in [4.78, 5) is 15.6. The van der Waals surface area contributed by atoms with Crippen LogP contribution < -0.4 is 10.6 Å². The molecule has 1 amide bonds. The summed E-state index contributed by atoms with van der Waals surface area (Å²) < 4.78 is 0. The van der Waals surface area contributed by atoms with Gasteiger partial charge in [-0.05, 0) is 19.8 Å². The van der Waals surface area contributed by atoms with Gasteiger partial charge in [0.25, 0.3) is 0 Å². The van der Waals surface area contributed by atoms with Crippen molar-refractivity contribution in [1.82, 2.24) is 10.6 Å². The SMILES string of the molecule is CCC1(C)CSC(=NCC2CCC(=O)N2)N1. The number of thioether (sulfide) groups is 1. The maximum atomic E-state index is 11.0. The molecule has 2 saturated heterocycles. The Morgan fingerprint density at radius 1 is 1.62 bits per heavy atom. The third-order valence-electron chi connectivity index (χ3n) is 3.26. The molecule has 2 heterocycles. The number of carbonyl (C=O) groups excluding carboxylic acids is 1. The van der Waals surface area contributed by atoms with Gasteiger partial charge in [-0.1, -0.05) is 18.7 Å². The van der Waals surface area contributed by atoms with Crippen molar-refractivity contribution < 1.29 is 4.79 Å². The molecule has 0 spiro atoms. The quantitative estimate of drug-likeness (QED) is 0.778. The van der Waals surface area contributed by atoms with Crippen molar-refractivity contribution in [2.75, 3.05) is 12.3 Å². The molecule has 2 unspecified atom stereocenters. The van der Waals surface area contributed by atoms with E-state index in [0.29, 0.717) is 13.0 Å². The lowest BCUT2D eigenvalue weighted by Gasteiger charge is -2.20. The number of amides is 1. The molecule has 2 atom stereocenters. The molecule has 0 saturated carbocycles. The van der Waals surface area contributed by atoms with E-state index in [4.69, 9.17) is 0 Å². The lowest BCUT2D eigenvalue weighted by Crippen LogP contribution is -2.40. The van der Waals surface area contributed by atoms with Crippen molar-refractivity contribution in [3.8, 4) is 0 Å². The zero-order valence-corrected chi connectivity index (χ0v) is 10.7. The van der Waals surface area contributed by atoms with Gasteiger partial charge in [0.1, 0.15) is 0 Å². The number of aliphatic imine (C=N–C) groups is 1. The lowest BCUT2D eigenvalue weighted by atomic mass is 10.0. The van der Waals surface area contributed by atoms with Crippen LogP contribution in [0.5, 0.6) is 0 Å². The Balaban J connectivity index is 1.83. The number of hydrogen-bond donors (Lipinski definition) is 2. The summed E-state index contributed by atoms with van der Waals surface area (Å²) in [5.41, 5.74) is 0.197. The fourth-order valence-corrected chi connectivity index (χ4v) is 3.06. The van der Waals surface area contributed by atoms with Gasteiger partial charge in [-0.25, -0.2) is 0 Å². The first-order valence-corrected chi connectivity index (χ1v) is 6.85. The van der Waals surface area contributed by atoms with Gasteiger partial charge in [-0.15, -0.1) is 0 Å². The zero-order valence-electron chi connectivity index (χ0n) is 9.88. The average molecular weight is 241 g/mol. The number of nitrogens with zero attached hydrogens (tertiary/aromatic N) is 1. The maximum absolute atomic E-state index is 11.0. The van der Waals surface area contributed by atoms with E-state index in [2.05, 4.69) is 29.5 Å². The van der Waals surface area contributed by atoms with Crippen molar-refractivity contribution in [1.29, 1.82) is 0 Å². The van der Waals surface area contributed by atoms with E-state index in [1.165, 1.54) is 0 Å². The summed E-state index contributed by atoms with van der Waals surface area (Å²) in [6.45, 7) is 5.12. The van der Waals surface area contributed by atoms with Crippen LogP contribution in [0, 0.1) is 0 Å². The van der Waals surface area contributed by atoms with E-state index in [0.717, 1.165) is 23.8 Å². The molecule has 2 aliphatic rings. The van der Waals surface area contributed by atoms with Gasteiger partial charge in [0.2, 0.25) is 5.91 Å². The molecule has 0 aliphatic carbocycles. The second kappa shape index (κ2) is 4.65. The van der Waals surface area contributed by atoms with E-state index in [9.17, 15) is 4.79 Å². The van der Waals surface area contributed by atoms with Crippen LogP contribution in [0.3, 0.4) is 0 Å². The summed E-state index contributed by atoms with van der Waals surface area (Å²) in [5.74, 6) is 1.25. The normalized spacial score (nSPS) is 36.5. The highest BCUT2D eigenvalue weighted by atomic mass is 32.2. The average Bonchev–Trinajstić information content (AvgIpc) is 2.83. The Morgan fingerprint density at radius 3 is 3.00 bits per heavy atom. The Morgan fingerprint density at radius 2 is 2.44 bits per heavy atom. The Kier molecular flexibility index (Phi) is 3.42. The van der Waals surface area contributed by atoms with Crippen molar-refractivity contribution in [3.05, 3.63) is 0 Å². The first-order valence-electron chi connectivity index (χ1n) is 5.86. The minimum atomic E-state index is 0.163. The highest BCUT2D eigenvalue weighted by molar-refractivity contribution is 8.14. The molecule has 2 N–H and O–H groups in total. The number of amidine groups is 1. The van der Waals surface area contributed by atoms with Crippen LogP contribution >= 0.6 is 11.8 Å². The highest BCUT2D eigenvalue weighted by Gasteiger charge is 2.30. The molecule has 0 bridgehead atoms. The van der Waals surface area contributed by atoms with Gasteiger partial charge in [0, 0.05) is 23.8 Å². The molecule has 2 rings (SSSR count). The van der Waals surface area contributed by atoms with Gasteiger partial charge in [0.15, 0.2) is 5.17 Å². The number of carbonyl (C=O) groups is 1. The van der Waals surface area contributed by atoms with E-state index in [-0.39, 0.29) is 17.5 Å². The minimum absolute atomic E-state index is 0.163. The van der Waals surface area contributed by atoms with E-state index in [1.807, 2.05) is 0 Å². The van der Waals surface area contributed by atoms with Gasteiger partial charge < -0.3 is 10.6 Å². The Labute approximate surface area is 101 Å². The Bertz CT molecular complexity index is 318. The fraction of sp³-hybridized carbons (Fsp3) is 0.818. The molecule has 2 aliphatic heterocycles. The first kappa shape index (κ1) is 11.8. The van der Waals surface area contributed by atoms with Crippen LogP contribution in [-0.2, 0) is 4.79 Å². The van der Waals surface area contributed by atoms with Crippen LogP contribution in [0.2, 0.25) is 0 Å². The highest BCUT2D eigenvalue weighted by Crippen LogP contribution is 2.25. The standard InChI is InChI=1S/C11H19N3OS/c1-3-11(2)7-16-10(14-11)12-6-8-4-5-9(15)13-8/h8H,3-7H2,1-2H3,(H,12,14)(H,13,15). The van der Waals surface area contributed by atoms with Crippen molar-refractivity contribution in [2.24, 2.45) is 4.99 Å². The van der Waals surface area contributed by atoms with E-state index >= 15 is 0 Å². The molecule has 0 aromatic rings. The van der Waals surface area contributed by atoms with Gasteiger partial charge >= 0.3 is 0 Å². The minimum Gasteiger partial charge on any atom is -0.359 e. The lowest BCUT2D eigenvalue weighted by molar-refractivity contribution is -0.119. The van der Waals surface area contributed by atoms with Crippen LogP contribution in [-0.4, -0.2) is 35.0 Å². The summed E-state index contributed by atoms with van der Waals surface area (Å²) in [6.07, 6.45) is 2.69. The molecule has 90 valence electrons. The van der Waals surface area contributed by atoms with Crippen LogP contribution in [0.4, 0.5) is 0 Å². The number of nitrogens with one attached hydrogen (secondary N) is 2. The van der Waals surface area contributed by atoms with E-state index in [1.54, 1.807) is 11.8 Å². The topological polar surface area (TPSA) is 53.5 Å². The summed E-state index contributed by atoms with van der Waals surface area (Å²) in [5, 5.41) is 7.41. The number of hydrogen-bond acceptors (Lipinski definition) is 3. The molecule has 2 fully saturated rings. The van der Waals surface area contributed by atoms with Crippen molar-refractivity contribution in [3.63, 3.8) is 0 Å². The zero-order chi connectivity index (χ0) is 11.6. The predicted octanol–water partition coefficient (Wildman–Crippen LogP) is 1.13. The molecule has 0 radical (unpaired) electrons. The van der Waals surface area contributed by atoms with E-state index < -0.39 is 0 Å². The van der Waals surface area contributed by atoms with Gasteiger partial charge in [0.05, 0.1) is 6.54 Å². The monoisotopic (exact) mass is 241 g/mol. The number of rotatable bonds is 3. The molecule has 16 heavy (non-hydrogen) atoms. The first-order chi connectivity index (χ1) is 7.61. The predicted molar refractivity (Wildman–Crippen MR) is 67.8 cm³/mol. The third-order valence-corrected chi connectivity index (χ3v) is 4.54. The second-order valence-corrected chi connectivity index (χ2v) is 5.74. The summed E-state index contributed by atoms with van der Waals surface area (Å²) in [7, 11) is 0. The molecule has 0 aromatic heterocycles. The maximum Gasteiger partial charge on any atom is 0.220 e. The van der Waals surface area contributed by atoms with Crippen molar-refractivity contribution >= 4 is 22.8 Å². The molecule has 0 aromatic carbocycles. The molecule has 5 heteroatoms. The van der Waals surface area contributed by atoms with Crippen LogP contribution in [0.1, 0.15) is 33.1 Å². The van der Waals surface area contributed by atoms with Crippen molar-refractivity contribution in [2.45, 2.75) is 44.7 Å². The second-order valence-electron chi connectivity index (χ2n) is 4.78. The van der Waals surface area contributed by atoms with Crippen LogP contribution in [0.15, 0.2) is 4.99 Å². The smallest absolute Gasteiger partial charge is 0.220 e.